The first-order valence-electron chi connectivity index (χ1n) is 4.80. The van der Waals surface area contributed by atoms with Gasteiger partial charge in [-0.3, -0.25) is 4.55 Å². The Labute approximate surface area is 83.6 Å². The zero-order valence-electron chi connectivity index (χ0n) is 7.95. The van der Waals surface area contributed by atoms with Crippen molar-refractivity contribution in [3.05, 3.63) is 0 Å². The topological polar surface area (TPSA) is 66.4 Å². The Balaban J connectivity index is 2.17. The highest BCUT2D eigenvalue weighted by Gasteiger charge is 2.19. The van der Waals surface area contributed by atoms with Gasteiger partial charge in [0, 0.05) is 12.6 Å². The van der Waals surface area contributed by atoms with Crippen LogP contribution in [0, 0.1) is 0 Å². The van der Waals surface area contributed by atoms with Gasteiger partial charge < -0.3 is 5.32 Å². The summed E-state index contributed by atoms with van der Waals surface area (Å²) in [6, 6.07) is 0.314. The summed E-state index contributed by atoms with van der Waals surface area (Å²) in [5.41, 5.74) is 0. The summed E-state index contributed by atoms with van der Waals surface area (Å²) < 4.78 is 42.0. The smallest absolute Gasteiger partial charge is 0.267 e. The third-order valence-electron chi connectivity index (χ3n) is 2.37. The van der Waals surface area contributed by atoms with Crippen LogP contribution in [0.25, 0.3) is 0 Å². The van der Waals surface area contributed by atoms with E-state index in [9.17, 15) is 12.8 Å². The van der Waals surface area contributed by atoms with Crippen molar-refractivity contribution >= 4 is 10.1 Å². The summed E-state index contributed by atoms with van der Waals surface area (Å²) >= 11 is 0. The SMILES string of the molecule is O=S(=O)(O)CC(F)CNC1CCCC1. The molecule has 0 heterocycles. The number of halogens is 1. The monoisotopic (exact) mass is 225 g/mol. The lowest BCUT2D eigenvalue weighted by Crippen LogP contribution is -2.35. The molecule has 0 spiro atoms. The van der Waals surface area contributed by atoms with Gasteiger partial charge in [-0.05, 0) is 12.8 Å². The molecule has 0 bridgehead atoms. The standard InChI is InChI=1S/C8H16FNO3S/c9-7(6-14(11,12)13)5-10-8-3-1-2-4-8/h7-8,10H,1-6H2,(H,11,12,13). The zero-order valence-corrected chi connectivity index (χ0v) is 8.76. The molecule has 14 heavy (non-hydrogen) atoms. The molecule has 0 saturated heterocycles. The van der Waals surface area contributed by atoms with Gasteiger partial charge in [0.2, 0.25) is 0 Å². The molecule has 1 unspecified atom stereocenters. The van der Waals surface area contributed by atoms with E-state index in [1.54, 1.807) is 0 Å². The van der Waals surface area contributed by atoms with E-state index in [0.29, 0.717) is 6.04 Å². The van der Waals surface area contributed by atoms with Crippen molar-refractivity contribution in [2.24, 2.45) is 0 Å². The van der Waals surface area contributed by atoms with Crippen LogP contribution in [0.15, 0.2) is 0 Å². The van der Waals surface area contributed by atoms with Crippen molar-refractivity contribution in [3.63, 3.8) is 0 Å². The third-order valence-corrected chi connectivity index (χ3v) is 3.16. The van der Waals surface area contributed by atoms with Crippen molar-refractivity contribution in [2.45, 2.75) is 37.9 Å². The van der Waals surface area contributed by atoms with Gasteiger partial charge in [0.05, 0.1) is 0 Å². The van der Waals surface area contributed by atoms with Crippen molar-refractivity contribution in [1.29, 1.82) is 0 Å². The van der Waals surface area contributed by atoms with Gasteiger partial charge in [-0.2, -0.15) is 8.42 Å². The largest absolute Gasteiger partial charge is 0.311 e. The molecule has 84 valence electrons. The normalized spacial score (nSPS) is 21.3. The van der Waals surface area contributed by atoms with E-state index in [4.69, 9.17) is 4.55 Å². The maximum atomic E-state index is 13.0. The Bertz CT molecular complexity index is 262. The molecule has 0 aromatic heterocycles. The molecule has 1 aliphatic rings. The van der Waals surface area contributed by atoms with E-state index < -0.39 is 22.0 Å². The number of hydrogen-bond donors (Lipinski definition) is 2. The van der Waals surface area contributed by atoms with E-state index in [1.165, 1.54) is 0 Å². The Morgan fingerprint density at radius 2 is 2.00 bits per heavy atom. The van der Waals surface area contributed by atoms with Crippen LogP contribution in [-0.2, 0) is 10.1 Å². The maximum absolute atomic E-state index is 13.0. The van der Waals surface area contributed by atoms with Gasteiger partial charge in [-0.1, -0.05) is 12.8 Å². The van der Waals surface area contributed by atoms with Crippen LogP contribution in [-0.4, -0.2) is 37.5 Å². The molecule has 1 rings (SSSR count). The Morgan fingerprint density at radius 3 is 2.50 bits per heavy atom. The second-order valence-corrected chi connectivity index (χ2v) is 5.23. The van der Waals surface area contributed by atoms with Crippen LogP contribution < -0.4 is 5.32 Å². The minimum absolute atomic E-state index is 0.00442. The third kappa shape index (κ3) is 4.88. The van der Waals surface area contributed by atoms with E-state index in [0.717, 1.165) is 25.7 Å². The van der Waals surface area contributed by atoms with Crippen molar-refractivity contribution < 1.29 is 17.4 Å². The van der Waals surface area contributed by atoms with Crippen molar-refractivity contribution in [1.82, 2.24) is 5.32 Å². The van der Waals surface area contributed by atoms with Crippen LogP contribution in [0.5, 0.6) is 0 Å². The van der Waals surface area contributed by atoms with Crippen LogP contribution in [0.3, 0.4) is 0 Å². The fraction of sp³-hybridized carbons (Fsp3) is 1.00. The van der Waals surface area contributed by atoms with Crippen LogP contribution in [0.2, 0.25) is 0 Å². The number of alkyl halides is 1. The summed E-state index contributed by atoms with van der Waals surface area (Å²) in [4.78, 5) is 0. The van der Waals surface area contributed by atoms with Gasteiger partial charge in [-0.15, -0.1) is 0 Å². The lowest BCUT2D eigenvalue weighted by molar-refractivity contribution is 0.323. The second-order valence-electron chi connectivity index (χ2n) is 3.74. The summed E-state index contributed by atoms with van der Waals surface area (Å²) in [5, 5.41) is 2.95. The highest BCUT2D eigenvalue weighted by Crippen LogP contribution is 2.17. The average Bonchev–Trinajstić information content (AvgIpc) is 2.49. The Hall–Kier alpha value is -0.200. The quantitative estimate of drug-likeness (QED) is 0.677. The fourth-order valence-electron chi connectivity index (χ4n) is 1.71. The van der Waals surface area contributed by atoms with E-state index in [1.807, 2.05) is 0 Å². The van der Waals surface area contributed by atoms with E-state index in [2.05, 4.69) is 5.32 Å². The molecule has 1 saturated carbocycles. The zero-order chi connectivity index (χ0) is 10.6. The second kappa shape index (κ2) is 5.04. The molecule has 6 heteroatoms. The first-order valence-corrected chi connectivity index (χ1v) is 6.41. The molecular formula is C8H16FNO3S. The Kier molecular flexibility index (Phi) is 4.28. The van der Waals surface area contributed by atoms with Gasteiger partial charge >= 0.3 is 0 Å². The molecule has 0 radical (unpaired) electrons. The lowest BCUT2D eigenvalue weighted by atomic mass is 10.2. The van der Waals surface area contributed by atoms with E-state index >= 15 is 0 Å². The lowest BCUT2D eigenvalue weighted by Gasteiger charge is -2.13. The summed E-state index contributed by atoms with van der Waals surface area (Å²) in [7, 11) is -4.18. The van der Waals surface area contributed by atoms with Gasteiger partial charge in [0.1, 0.15) is 11.9 Å². The highest BCUT2D eigenvalue weighted by molar-refractivity contribution is 7.85. The number of nitrogens with one attached hydrogen (secondary N) is 1. The number of rotatable bonds is 5. The molecule has 1 atom stereocenters. The first kappa shape index (κ1) is 11.9. The first-order chi connectivity index (χ1) is 6.47. The molecule has 4 nitrogen and oxygen atoms in total. The van der Waals surface area contributed by atoms with Crippen molar-refractivity contribution in [2.75, 3.05) is 12.3 Å². The maximum Gasteiger partial charge on any atom is 0.267 e. The van der Waals surface area contributed by atoms with Gasteiger partial charge in [0.15, 0.2) is 0 Å². The molecule has 2 N–H and O–H groups in total. The molecule has 0 aromatic rings. The average molecular weight is 225 g/mol. The Morgan fingerprint density at radius 1 is 1.43 bits per heavy atom. The predicted octanol–water partition coefficient (Wildman–Crippen LogP) is 0.744. The predicted molar refractivity (Wildman–Crippen MR) is 51.6 cm³/mol. The van der Waals surface area contributed by atoms with Gasteiger partial charge in [-0.25, -0.2) is 4.39 Å². The van der Waals surface area contributed by atoms with Crippen LogP contribution >= 0.6 is 0 Å². The molecule has 0 aliphatic heterocycles. The number of hydrogen-bond acceptors (Lipinski definition) is 3. The summed E-state index contributed by atoms with van der Waals surface area (Å²) in [6.07, 6.45) is 2.82. The fourth-order valence-corrected chi connectivity index (χ4v) is 2.29. The van der Waals surface area contributed by atoms with Crippen molar-refractivity contribution in [3.8, 4) is 0 Å². The molecular weight excluding hydrogens is 209 g/mol. The minimum Gasteiger partial charge on any atom is -0.311 e. The summed E-state index contributed by atoms with van der Waals surface area (Å²) in [5.74, 6) is -0.813. The molecule has 0 aromatic carbocycles. The summed E-state index contributed by atoms with van der Waals surface area (Å²) in [6.45, 7) is 0.00442. The highest BCUT2D eigenvalue weighted by atomic mass is 32.2. The van der Waals surface area contributed by atoms with Crippen LogP contribution in [0.1, 0.15) is 25.7 Å². The molecule has 1 aliphatic carbocycles. The molecule has 0 amide bonds. The molecule has 1 fully saturated rings. The minimum atomic E-state index is -4.18. The van der Waals surface area contributed by atoms with Gasteiger partial charge in [0.25, 0.3) is 10.1 Å². The van der Waals surface area contributed by atoms with E-state index in [-0.39, 0.29) is 6.54 Å². The van der Waals surface area contributed by atoms with Crippen LogP contribution in [0.4, 0.5) is 4.39 Å².